The third kappa shape index (κ3) is 1.95. The first-order chi connectivity index (χ1) is 7.09. The Labute approximate surface area is 91.8 Å². The van der Waals surface area contributed by atoms with Gasteiger partial charge in [-0.25, -0.2) is 4.79 Å². The number of fused-ring (bicyclic) bond motifs is 2. The van der Waals surface area contributed by atoms with Crippen molar-refractivity contribution in [2.45, 2.75) is 31.3 Å². The van der Waals surface area contributed by atoms with Gasteiger partial charge in [0.1, 0.15) is 0 Å². The lowest BCUT2D eigenvalue weighted by Crippen LogP contribution is -2.44. The highest BCUT2D eigenvalue weighted by Crippen LogP contribution is 2.28. The van der Waals surface area contributed by atoms with Crippen LogP contribution in [0.15, 0.2) is 0 Å². The van der Waals surface area contributed by atoms with Gasteiger partial charge in [-0.15, -0.1) is 0 Å². The quantitative estimate of drug-likeness (QED) is 0.593. The summed E-state index contributed by atoms with van der Waals surface area (Å²) in [4.78, 5) is 18.0. The summed E-state index contributed by atoms with van der Waals surface area (Å²) in [6.45, 7) is 1.83. The van der Waals surface area contributed by atoms with Crippen molar-refractivity contribution >= 4 is 6.03 Å². The summed E-state index contributed by atoms with van der Waals surface area (Å²) in [6, 6.07) is 1.45. The molecule has 2 rings (SSSR count). The van der Waals surface area contributed by atoms with Crippen LogP contribution in [0, 0.1) is 0 Å². The SMILES string of the molecule is CN(C)C(=O)N1CCC2CCC(C1)N2C. The van der Waals surface area contributed by atoms with Crippen LogP contribution in [0.4, 0.5) is 4.79 Å². The Morgan fingerprint density at radius 1 is 1.20 bits per heavy atom. The fourth-order valence-electron chi connectivity index (χ4n) is 2.77. The predicted molar refractivity (Wildman–Crippen MR) is 59.8 cm³/mol. The molecule has 0 saturated carbocycles. The standard InChI is InChI=1S/C11H21N3O/c1-12(2)11(15)14-7-6-9-4-5-10(8-14)13(9)3/h9-10H,4-8H2,1-3H3. The Balaban J connectivity index is 2.03. The molecule has 0 aromatic carbocycles. The lowest BCUT2D eigenvalue weighted by Gasteiger charge is -2.28. The van der Waals surface area contributed by atoms with Crippen LogP contribution in [-0.2, 0) is 0 Å². The molecule has 2 atom stereocenters. The zero-order valence-electron chi connectivity index (χ0n) is 9.94. The molecule has 15 heavy (non-hydrogen) atoms. The van der Waals surface area contributed by atoms with E-state index in [0.29, 0.717) is 12.1 Å². The monoisotopic (exact) mass is 211 g/mol. The Morgan fingerprint density at radius 3 is 2.53 bits per heavy atom. The normalized spacial score (nSPS) is 31.5. The van der Waals surface area contributed by atoms with Crippen molar-refractivity contribution in [3.05, 3.63) is 0 Å². The molecule has 86 valence electrons. The first-order valence-electron chi connectivity index (χ1n) is 5.77. The minimum Gasteiger partial charge on any atom is -0.331 e. The van der Waals surface area contributed by atoms with E-state index in [4.69, 9.17) is 0 Å². The van der Waals surface area contributed by atoms with Crippen molar-refractivity contribution in [3.8, 4) is 0 Å². The van der Waals surface area contributed by atoms with E-state index in [0.717, 1.165) is 19.5 Å². The molecule has 2 aliphatic rings. The van der Waals surface area contributed by atoms with E-state index in [9.17, 15) is 4.79 Å². The first kappa shape index (κ1) is 10.7. The molecular weight excluding hydrogens is 190 g/mol. The number of carbonyl (C=O) groups excluding carboxylic acids is 1. The summed E-state index contributed by atoms with van der Waals surface area (Å²) in [5.41, 5.74) is 0. The van der Waals surface area contributed by atoms with E-state index in [2.05, 4.69) is 11.9 Å². The molecule has 4 heteroatoms. The second-order valence-corrected chi connectivity index (χ2v) is 4.96. The zero-order chi connectivity index (χ0) is 11.0. The van der Waals surface area contributed by atoms with Crippen molar-refractivity contribution in [3.63, 3.8) is 0 Å². The van der Waals surface area contributed by atoms with Gasteiger partial charge >= 0.3 is 6.03 Å². The molecule has 2 heterocycles. The minimum absolute atomic E-state index is 0.163. The molecule has 0 aromatic heterocycles. The van der Waals surface area contributed by atoms with Gasteiger partial charge in [-0.3, -0.25) is 4.90 Å². The van der Waals surface area contributed by atoms with Gasteiger partial charge in [-0.05, 0) is 26.3 Å². The van der Waals surface area contributed by atoms with Crippen molar-refractivity contribution in [1.82, 2.24) is 14.7 Å². The van der Waals surface area contributed by atoms with Crippen molar-refractivity contribution < 1.29 is 4.79 Å². The highest BCUT2D eigenvalue weighted by molar-refractivity contribution is 5.73. The maximum absolute atomic E-state index is 11.9. The Hall–Kier alpha value is -0.770. The van der Waals surface area contributed by atoms with E-state index >= 15 is 0 Å². The van der Waals surface area contributed by atoms with Crippen LogP contribution < -0.4 is 0 Å². The molecule has 0 aliphatic carbocycles. The number of likely N-dealkylation sites (tertiary alicyclic amines) is 1. The molecule has 2 aliphatic heterocycles. The summed E-state index contributed by atoms with van der Waals surface area (Å²) >= 11 is 0. The Bertz CT molecular complexity index is 254. The lowest BCUT2D eigenvalue weighted by molar-refractivity contribution is 0.164. The van der Waals surface area contributed by atoms with Gasteiger partial charge in [-0.2, -0.15) is 0 Å². The number of hydrogen-bond donors (Lipinski definition) is 0. The molecule has 2 unspecified atom stereocenters. The van der Waals surface area contributed by atoms with E-state index in [1.165, 1.54) is 12.8 Å². The van der Waals surface area contributed by atoms with Crippen molar-refractivity contribution in [1.29, 1.82) is 0 Å². The molecule has 0 radical (unpaired) electrons. The smallest absolute Gasteiger partial charge is 0.319 e. The average Bonchev–Trinajstić information content (AvgIpc) is 2.40. The molecule has 2 saturated heterocycles. The van der Waals surface area contributed by atoms with Crippen molar-refractivity contribution in [2.24, 2.45) is 0 Å². The van der Waals surface area contributed by atoms with Crippen molar-refractivity contribution in [2.75, 3.05) is 34.2 Å². The number of nitrogens with zero attached hydrogens (tertiary/aromatic N) is 3. The van der Waals surface area contributed by atoms with Gasteiger partial charge in [0.15, 0.2) is 0 Å². The fourth-order valence-corrected chi connectivity index (χ4v) is 2.77. The molecule has 2 amide bonds. The van der Waals surface area contributed by atoms with Crippen LogP contribution in [0.1, 0.15) is 19.3 Å². The molecular formula is C11H21N3O. The van der Waals surface area contributed by atoms with Crippen LogP contribution in [0.3, 0.4) is 0 Å². The highest BCUT2D eigenvalue weighted by Gasteiger charge is 2.36. The number of hydrogen-bond acceptors (Lipinski definition) is 2. The number of urea groups is 1. The number of likely N-dealkylation sites (N-methyl/N-ethyl adjacent to an activating group) is 1. The molecule has 2 fully saturated rings. The summed E-state index contributed by atoms with van der Waals surface area (Å²) in [5, 5.41) is 0. The van der Waals surface area contributed by atoms with Crippen LogP contribution >= 0.6 is 0 Å². The Morgan fingerprint density at radius 2 is 1.87 bits per heavy atom. The van der Waals surface area contributed by atoms with Crippen LogP contribution in [0.2, 0.25) is 0 Å². The average molecular weight is 211 g/mol. The Kier molecular flexibility index (Phi) is 2.87. The van der Waals surface area contributed by atoms with E-state index < -0.39 is 0 Å². The predicted octanol–water partition coefficient (Wildman–Crippen LogP) is 0.837. The number of amides is 2. The molecule has 2 bridgehead atoms. The van der Waals surface area contributed by atoms with Crippen LogP contribution in [0.25, 0.3) is 0 Å². The fraction of sp³-hybridized carbons (Fsp3) is 0.909. The van der Waals surface area contributed by atoms with Gasteiger partial charge in [-0.1, -0.05) is 0 Å². The van der Waals surface area contributed by atoms with E-state index in [1.807, 2.05) is 19.0 Å². The van der Waals surface area contributed by atoms with E-state index in [-0.39, 0.29) is 6.03 Å². The van der Waals surface area contributed by atoms with Gasteiger partial charge < -0.3 is 9.80 Å². The van der Waals surface area contributed by atoms with Gasteiger partial charge in [0.25, 0.3) is 0 Å². The van der Waals surface area contributed by atoms with Gasteiger partial charge in [0.05, 0.1) is 0 Å². The van der Waals surface area contributed by atoms with E-state index in [1.54, 1.807) is 4.90 Å². The highest BCUT2D eigenvalue weighted by atomic mass is 16.2. The number of rotatable bonds is 0. The minimum atomic E-state index is 0.163. The number of carbonyl (C=O) groups is 1. The summed E-state index contributed by atoms with van der Waals surface area (Å²) in [7, 11) is 5.86. The largest absolute Gasteiger partial charge is 0.331 e. The molecule has 0 aromatic rings. The summed E-state index contributed by atoms with van der Waals surface area (Å²) in [5.74, 6) is 0. The lowest BCUT2D eigenvalue weighted by atomic mass is 10.1. The maximum atomic E-state index is 11.9. The summed E-state index contributed by atoms with van der Waals surface area (Å²) < 4.78 is 0. The van der Waals surface area contributed by atoms with Crippen LogP contribution in [0.5, 0.6) is 0 Å². The molecule has 4 nitrogen and oxygen atoms in total. The molecule has 0 spiro atoms. The second kappa shape index (κ2) is 4.00. The summed E-state index contributed by atoms with van der Waals surface area (Å²) in [6.07, 6.45) is 3.69. The molecule has 0 N–H and O–H groups in total. The van der Waals surface area contributed by atoms with Gasteiger partial charge in [0, 0.05) is 39.3 Å². The zero-order valence-corrected chi connectivity index (χ0v) is 9.94. The first-order valence-corrected chi connectivity index (χ1v) is 5.77. The second-order valence-electron chi connectivity index (χ2n) is 4.96. The topological polar surface area (TPSA) is 26.8 Å². The van der Waals surface area contributed by atoms with Gasteiger partial charge in [0.2, 0.25) is 0 Å². The van der Waals surface area contributed by atoms with Crippen LogP contribution in [-0.4, -0.2) is 67.0 Å². The third-order valence-corrected chi connectivity index (χ3v) is 3.80. The maximum Gasteiger partial charge on any atom is 0.319 e. The third-order valence-electron chi connectivity index (χ3n) is 3.80.